The average molecular weight is 638 g/mol. The number of benzene rings is 9. The van der Waals surface area contributed by atoms with E-state index in [0.29, 0.717) is 0 Å². The standard InChI is InChI=1S/C48H31NO/c1-2-9-37-29-38(16-13-32(37)7-1)33-17-23-40(24-18-33)49(42-27-21-36-15-14-35-8-3-4-10-43(35)46(36)31-42)41-25-19-34(20-26-41)39-22-28-45-44-11-5-6-12-47(44)50-48(45)30-39/h1-31H. The molecule has 0 radical (unpaired) electrons. The maximum absolute atomic E-state index is 6.21. The van der Waals surface area contributed by atoms with Gasteiger partial charge >= 0.3 is 0 Å². The zero-order valence-corrected chi connectivity index (χ0v) is 27.3. The quantitative estimate of drug-likeness (QED) is 0.175. The van der Waals surface area contributed by atoms with E-state index in [2.05, 4.69) is 181 Å². The summed E-state index contributed by atoms with van der Waals surface area (Å²) in [6.07, 6.45) is 0. The first-order valence-corrected chi connectivity index (χ1v) is 17.1. The Balaban J connectivity index is 1.07. The van der Waals surface area contributed by atoms with Gasteiger partial charge in [-0.15, -0.1) is 0 Å². The number of furan rings is 1. The molecule has 1 aromatic heterocycles. The summed E-state index contributed by atoms with van der Waals surface area (Å²) in [6.45, 7) is 0. The molecular weight excluding hydrogens is 607 g/mol. The number of nitrogens with zero attached hydrogens (tertiary/aromatic N) is 1. The first-order valence-electron chi connectivity index (χ1n) is 17.1. The molecule has 234 valence electrons. The first kappa shape index (κ1) is 28.4. The Morgan fingerprint density at radius 2 is 0.780 bits per heavy atom. The lowest BCUT2D eigenvalue weighted by atomic mass is 9.99. The van der Waals surface area contributed by atoms with Gasteiger partial charge in [0.2, 0.25) is 0 Å². The topological polar surface area (TPSA) is 16.4 Å². The SMILES string of the molecule is c1ccc2cc(-c3ccc(N(c4ccc(-c5ccc6c(c5)oc5ccccc56)cc4)c4ccc5ccc6ccccc6c5c4)cc3)ccc2c1. The van der Waals surface area contributed by atoms with Crippen LogP contribution in [0.25, 0.3) is 76.5 Å². The molecular formula is C48H31NO. The molecule has 0 saturated heterocycles. The van der Waals surface area contributed by atoms with E-state index >= 15 is 0 Å². The van der Waals surface area contributed by atoms with Crippen molar-refractivity contribution in [1.82, 2.24) is 0 Å². The molecule has 2 nitrogen and oxygen atoms in total. The smallest absolute Gasteiger partial charge is 0.136 e. The van der Waals surface area contributed by atoms with Crippen molar-refractivity contribution in [3.8, 4) is 22.3 Å². The fourth-order valence-corrected chi connectivity index (χ4v) is 7.46. The third-order valence-corrected chi connectivity index (χ3v) is 10.0. The molecule has 2 heteroatoms. The summed E-state index contributed by atoms with van der Waals surface area (Å²) in [4.78, 5) is 2.36. The summed E-state index contributed by atoms with van der Waals surface area (Å²) in [5.74, 6) is 0. The van der Waals surface area contributed by atoms with Crippen LogP contribution in [-0.2, 0) is 0 Å². The van der Waals surface area contributed by atoms with E-state index in [1.54, 1.807) is 0 Å². The van der Waals surface area contributed by atoms with Gasteiger partial charge in [-0.3, -0.25) is 0 Å². The van der Waals surface area contributed by atoms with Gasteiger partial charge in [-0.2, -0.15) is 0 Å². The van der Waals surface area contributed by atoms with Crippen LogP contribution in [0.5, 0.6) is 0 Å². The second kappa shape index (κ2) is 11.5. The lowest BCUT2D eigenvalue weighted by Crippen LogP contribution is -2.09. The van der Waals surface area contributed by atoms with Crippen LogP contribution in [0.2, 0.25) is 0 Å². The Kier molecular flexibility index (Phi) is 6.53. The van der Waals surface area contributed by atoms with Crippen LogP contribution in [0.1, 0.15) is 0 Å². The lowest BCUT2D eigenvalue weighted by Gasteiger charge is -2.26. The van der Waals surface area contributed by atoms with Crippen molar-refractivity contribution < 1.29 is 4.42 Å². The van der Waals surface area contributed by atoms with Crippen LogP contribution in [0.3, 0.4) is 0 Å². The molecule has 50 heavy (non-hydrogen) atoms. The van der Waals surface area contributed by atoms with Gasteiger partial charge in [-0.25, -0.2) is 0 Å². The molecule has 0 aliphatic carbocycles. The molecule has 0 saturated carbocycles. The highest BCUT2D eigenvalue weighted by Gasteiger charge is 2.15. The number of hydrogen-bond acceptors (Lipinski definition) is 2. The van der Waals surface area contributed by atoms with Gasteiger partial charge in [0.25, 0.3) is 0 Å². The Hall–Kier alpha value is -6.64. The third-order valence-electron chi connectivity index (χ3n) is 10.0. The zero-order chi connectivity index (χ0) is 33.0. The van der Waals surface area contributed by atoms with E-state index in [-0.39, 0.29) is 0 Å². The summed E-state index contributed by atoms with van der Waals surface area (Å²) in [5, 5.41) is 9.77. The van der Waals surface area contributed by atoms with Gasteiger partial charge in [0.1, 0.15) is 11.2 Å². The Bertz CT molecular complexity index is 2860. The van der Waals surface area contributed by atoms with Gasteiger partial charge < -0.3 is 9.32 Å². The molecule has 0 unspecified atom stereocenters. The predicted octanol–water partition coefficient (Wildman–Crippen LogP) is 13.8. The lowest BCUT2D eigenvalue weighted by molar-refractivity contribution is 0.669. The van der Waals surface area contributed by atoms with E-state index in [4.69, 9.17) is 4.42 Å². The van der Waals surface area contributed by atoms with Crippen molar-refractivity contribution in [1.29, 1.82) is 0 Å². The molecule has 0 fully saturated rings. The molecule has 0 bridgehead atoms. The molecule has 0 atom stereocenters. The average Bonchev–Trinajstić information content (AvgIpc) is 3.56. The minimum Gasteiger partial charge on any atom is -0.456 e. The second-order valence-corrected chi connectivity index (χ2v) is 13.0. The molecule has 9 aromatic carbocycles. The Morgan fingerprint density at radius 1 is 0.280 bits per heavy atom. The Morgan fingerprint density at radius 3 is 1.54 bits per heavy atom. The van der Waals surface area contributed by atoms with Gasteiger partial charge in [-0.1, -0.05) is 127 Å². The largest absolute Gasteiger partial charge is 0.456 e. The van der Waals surface area contributed by atoms with E-state index in [0.717, 1.165) is 50.1 Å². The summed E-state index contributed by atoms with van der Waals surface area (Å²) in [6, 6.07) is 67.7. The summed E-state index contributed by atoms with van der Waals surface area (Å²) in [5.41, 5.74) is 9.82. The van der Waals surface area contributed by atoms with Crippen molar-refractivity contribution >= 4 is 71.3 Å². The van der Waals surface area contributed by atoms with Crippen LogP contribution in [0.15, 0.2) is 192 Å². The van der Waals surface area contributed by atoms with Crippen molar-refractivity contribution in [2.45, 2.75) is 0 Å². The van der Waals surface area contributed by atoms with Crippen molar-refractivity contribution in [3.63, 3.8) is 0 Å². The van der Waals surface area contributed by atoms with Gasteiger partial charge in [0.15, 0.2) is 0 Å². The molecule has 0 aliphatic rings. The monoisotopic (exact) mass is 637 g/mol. The highest BCUT2D eigenvalue weighted by molar-refractivity contribution is 6.09. The van der Waals surface area contributed by atoms with E-state index in [1.807, 2.05) is 12.1 Å². The van der Waals surface area contributed by atoms with E-state index < -0.39 is 0 Å². The summed E-state index contributed by atoms with van der Waals surface area (Å²) >= 11 is 0. The van der Waals surface area contributed by atoms with Gasteiger partial charge in [0.05, 0.1) is 0 Å². The van der Waals surface area contributed by atoms with Crippen LogP contribution in [0.4, 0.5) is 17.1 Å². The first-order chi connectivity index (χ1) is 24.7. The molecule has 0 N–H and O–H groups in total. The maximum atomic E-state index is 6.21. The molecule has 0 amide bonds. The highest BCUT2D eigenvalue weighted by Crippen LogP contribution is 2.40. The normalized spacial score (nSPS) is 11.6. The fourth-order valence-electron chi connectivity index (χ4n) is 7.46. The number of para-hydroxylation sites is 1. The number of anilines is 3. The number of rotatable bonds is 5. The van der Waals surface area contributed by atoms with E-state index in [9.17, 15) is 0 Å². The van der Waals surface area contributed by atoms with Crippen molar-refractivity contribution in [2.24, 2.45) is 0 Å². The van der Waals surface area contributed by atoms with Gasteiger partial charge in [-0.05, 0) is 115 Å². The Labute approximate surface area is 290 Å². The molecule has 10 aromatic rings. The zero-order valence-electron chi connectivity index (χ0n) is 27.3. The van der Waals surface area contributed by atoms with E-state index in [1.165, 1.54) is 43.4 Å². The highest BCUT2D eigenvalue weighted by atomic mass is 16.3. The maximum Gasteiger partial charge on any atom is 0.136 e. The molecule has 10 rings (SSSR count). The van der Waals surface area contributed by atoms with Crippen LogP contribution >= 0.6 is 0 Å². The number of fused-ring (bicyclic) bond motifs is 7. The minimum absolute atomic E-state index is 0.907. The summed E-state index contributed by atoms with van der Waals surface area (Å²) in [7, 11) is 0. The number of hydrogen-bond donors (Lipinski definition) is 0. The van der Waals surface area contributed by atoms with Crippen LogP contribution in [-0.4, -0.2) is 0 Å². The summed E-state index contributed by atoms with van der Waals surface area (Å²) < 4.78 is 6.21. The van der Waals surface area contributed by atoms with Crippen molar-refractivity contribution in [3.05, 3.63) is 188 Å². The van der Waals surface area contributed by atoms with Crippen LogP contribution < -0.4 is 4.90 Å². The third kappa shape index (κ3) is 4.81. The van der Waals surface area contributed by atoms with Crippen LogP contribution in [0, 0.1) is 0 Å². The molecule has 0 aliphatic heterocycles. The molecule has 1 heterocycles. The van der Waals surface area contributed by atoms with Crippen molar-refractivity contribution in [2.75, 3.05) is 4.90 Å². The van der Waals surface area contributed by atoms with Gasteiger partial charge in [0, 0.05) is 27.8 Å². The minimum atomic E-state index is 0.907. The molecule has 0 spiro atoms. The second-order valence-electron chi connectivity index (χ2n) is 13.0. The fraction of sp³-hybridized carbons (Fsp3) is 0. The predicted molar refractivity (Wildman–Crippen MR) is 212 cm³/mol.